The van der Waals surface area contributed by atoms with Crippen LogP contribution in [0, 0.1) is 0 Å². The number of fused-ring (bicyclic) bond motifs is 4. The second-order valence-electron chi connectivity index (χ2n) is 17.9. The molecule has 0 saturated carbocycles. The molecule has 0 radical (unpaired) electrons. The first-order chi connectivity index (χ1) is 31.4. The minimum atomic E-state index is 0.0150. The zero-order chi connectivity index (χ0) is 43.8. The maximum absolute atomic E-state index is 12.2. The van der Waals surface area contributed by atoms with Gasteiger partial charge in [-0.25, -0.2) is 0 Å². The molecule has 4 aliphatic rings. The minimum absolute atomic E-state index is 0.0150. The summed E-state index contributed by atoms with van der Waals surface area (Å²) in [5.41, 5.74) is 8.55. The third-order valence-electron chi connectivity index (χ3n) is 13.8. The van der Waals surface area contributed by atoms with E-state index in [0.29, 0.717) is 26.4 Å². The summed E-state index contributed by atoms with van der Waals surface area (Å²) in [6.07, 6.45) is 11.5. The number of H-pyrrole nitrogens is 2. The molecule has 64 heavy (non-hydrogen) atoms. The average Bonchev–Trinajstić information content (AvgIpc) is 3.34. The lowest BCUT2D eigenvalue weighted by Gasteiger charge is -2.29. The quantitative estimate of drug-likeness (QED) is 0.125. The van der Waals surface area contributed by atoms with E-state index in [9.17, 15) is 9.59 Å². The molecule has 2 N–H and O–H groups in total. The van der Waals surface area contributed by atoms with Crippen LogP contribution in [0.15, 0.2) is 94.5 Å². The van der Waals surface area contributed by atoms with Crippen LogP contribution < -0.4 is 30.1 Å². The second-order valence-corrected chi connectivity index (χ2v) is 17.9. The summed E-state index contributed by atoms with van der Waals surface area (Å²) in [5, 5.41) is 2.19. The van der Waals surface area contributed by atoms with E-state index in [2.05, 4.69) is 80.4 Å². The number of nitrogens with one attached hydrogen (secondary N) is 2. The maximum Gasteiger partial charge on any atom is 0.251 e. The van der Waals surface area contributed by atoms with Crippen LogP contribution >= 0.6 is 0 Å². The predicted molar refractivity (Wildman–Crippen MR) is 256 cm³/mol. The van der Waals surface area contributed by atoms with E-state index in [-0.39, 0.29) is 23.0 Å². The lowest BCUT2D eigenvalue weighted by atomic mass is 9.87. The Labute approximate surface area is 376 Å². The zero-order valence-electron chi connectivity index (χ0n) is 37.7. The molecule has 2 saturated heterocycles. The van der Waals surface area contributed by atoms with Crippen LogP contribution in [0.2, 0.25) is 0 Å². The third kappa shape index (κ3) is 10.2. The van der Waals surface area contributed by atoms with E-state index in [4.69, 9.17) is 18.9 Å². The number of nitrogens with zero attached hydrogens (tertiary/aromatic N) is 2. The van der Waals surface area contributed by atoms with Crippen molar-refractivity contribution in [3.05, 3.63) is 139 Å². The maximum atomic E-state index is 12.2. The first-order valence-corrected chi connectivity index (χ1v) is 24.0. The molecule has 336 valence electrons. The van der Waals surface area contributed by atoms with E-state index in [1.165, 1.54) is 87.0 Å². The number of ether oxygens (including phenoxy) is 4. The summed E-state index contributed by atoms with van der Waals surface area (Å²) in [6.45, 7) is 13.4. The van der Waals surface area contributed by atoms with Crippen LogP contribution in [0.5, 0.6) is 23.0 Å². The third-order valence-corrected chi connectivity index (χ3v) is 13.8. The van der Waals surface area contributed by atoms with Gasteiger partial charge in [0.2, 0.25) is 0 Å². The van der Waals surface area contributed by atoms with Crippen molar-refractivity contribution < 1.29 is 18.9 Å². The summed E-state index contributed by atoms with van der Waals surface area (Å²) in [6, 6.07) is 29.8. The van der Waals surface area contributed by atoms with E-state index in [0.717, 1.165) is 94.7 Å². The molecule has 0 spiro atoms. The number of rotatable bonds is 12. The summed E-state index contributed by atoms with van der Waals surface area (Å²) in [4.78, 5) is 35.7. The molecule has 2 aromatic heterocycles. The van der Waals surface area contributed by atoms with Gasteiger partial charge in [-0.2, -0.15) is 0 Å². The Morgan fingerprint density at radius 2 is 0.844 bits per heavy atom. The van der Waals surface area contributed by atoms with Gasteiger partial charge in [-0.05, 0) is 184 Å². The Hall–Kier alpha value is -5.58. The van der Waals surface area contributed by atoms with Crippen molar-refractivity contribution in [3.63, 3.8) is 0 Å². The molecule has 6 heterocycles. The number of benzene rings is 4. The van der Waals surface area contributed by atoms with Crippen molar-refractivity contribution in [1.82, 2.24) is 19.8 Å². The fraction of sp³-hybridized carbons (Fsp3) is 0.444. The highest BCUT2D eigenvalue weighted by atomic mass is 16.6. The van der Waals surface area contributed by atoms with Gasteiger partial charge >= 0.3 is 0 Å². The Balaban J connectivity index is 0.000000162. The van der Waals surface area contributed by atoms with Crippen molar-refractivity contribution in [2.45, 2.75) is 89.9 Å². The van der Waals surface area contributed by atoms with Crippen LogP contribution in [0.1, 0.15) is 110 Å². The van der Waals surface area contributed by atoms with E-state index < -0.39 is 0 Å². The van der Waals surface area contributed by atoms with Crippen LogP contribution in [0.3, 0.4) is 0 Å². The van der Waals surface area contributed by atoms with Gasteiger partial charge in [0, 0.05) is 34.0 Å². The number of likely N-dealkylation sites (tertiary alicyclic amines) is 2. The average molecular weight is 865 g/mol. The smallest absolute Gasteiger partial charge is 0.251 e. The largest absolute Gasteiger partial charge is 0.486 e. The lowest BCUT2D eigenvalue weighted by molar-refractivity contribution is 0.171. The molecule has 0 aliphatic carbocycles. The van der Waals surface area contributed by atoms with Crippen LogP contribution in [-0.4, -0.2) is 85.5 Å². The summed E-state index contributed by atoms with van der Waals surface area (Å²) in [5.74, 6) is 3.87. The van der Waals surface area contributed by atoms with E-state index in [1.807, 2.05) is 38.1 Å². The minimum Gasteiger partial charge on any atom is -0.486 e. The normalized spacial score (nSPS) is 17.4. The van der Waals surface area contributed by atoms with Gasteiger partial charge in [0.05, 0.1) is 0 Å². The molecular weight excluding hydrogens is 801 g/mol. The number of aromatic nitrogens is 2. The number of hydrogen-bond donors (Lipinski definition) is 2. The number of piperidine rings is 2. The van der Waals surface area contributed by atoms with Crippen molar-refractivity contribution in [1.29, 1.82) is 0 Å². The first-order valence-electron chi connectivity index (χ1n) is 24.0. The van der Waals surface area contributed by atoms with Gasteiger partial charge in [-0.15, -0.1) is 0 Å². The molecular formula is C54H64N4O6. The molecule has 0 amide bonds. The Morgan fingerprint density at radius 1 is 0.469 bits per heavy atom. The van der Waals surface area contributed by atoms with Gasteiger partial charge < -0.3 is 38.7 Å². The van der Waals surface area contributed by atoms with Crippen molar-refractivity contribution in [2.75, 3.05) is 65.7 Å². The summed E-state index contributed by atoms with van der Waals surface area (Å²) < 4.78 is 23.3. The number of pyridine rings is 2. The Morgan fingerprint density at radius 3 is 1.25 bits per heavy atom. The summed E-state index contributed by atoms with van der Waals surface area (Å²) in [7, 11) is 0. The van der Waals surface area contributed by atoms with Crippen LogP contribution in [0.25, 0.3) is 21.8 Å². The van der Waals surface area contributed by atoms with E-state index >= 15 is 0 Å². The van der Waals surface area contributed by atoms with Crippen LogP contribution in [-0.2, 0) is 12.8 Å². The molecule has 2 fully saturated rings. The van der Waals surface area contributed by atoms with Gasteiger partial charge in [-0.1, -0.05) is 51.0 Å². The SMILES string of the molecule is CCc1cc2cc([C@@H](CCN3CCCCC3)c3ccc4c(c3)OCCO4)ccc2[nH]c1=O.CCc1cc2cc([C@H](CCN3CCCCC3)c3ccc4c(c3)OCCO4)ccc2[nH]c1=O. The second kappa shape index (κ2) is 20.5. The molecule has 0 bridgehead atoms. The topological polar surface area (TPSA) is 109 Å². The predicted octanol–water partition coefficient (Wildman–Crippen LogP) is 9.74. The van der Waals surface area contributed by atoms with Gasteiger partial charge in [0.1, 0.15) is 26.4 Å². The zero-order valence-corrected chi connectivity index (χ0v) is 37.7. The van der Waals surface area contributed by atoms with Crippen molar-refractivity contribution in [3.8, 4) is 23.0 Å². The molecule has 2 atom stereocenters. The number of aromatic amines is 2. The lowest BCUT2D eigenvalue weighted by Crippen LogP contribution is -2.31. The molecule has 10 nitrogen and oxygen atoms in total. The highest BCUT2D eigenvalue weighted by molar-refractivity contribution is 5.81. The fourth-order valence-corrected chi connectivity index (χ4v) is 10.1. The van der Waals surface area contributed by atoms with Crippen molar-refractivity contribution >= 4 is 21.8 Å². The van der Waals surface area contributed by atoms with Gasteiger partial charge in [0.25, 0.3) is 11.1 Å². The number of aryl methyl sites for hydroxylation is 2. The first kappa shape index (κ1) is 43.7. The molecule has 10 rings (SSSR count). The van der Waals surface area contributed by atoms with Crippen molar-refractivity contribution in [2.24, 2.45) is 0 Å². The van der Waals surface area contributed by atoms with E-state index in [1.54, 1.807) is 0 Å². The fourth-order valence-electron chi connectivity index (χ4n) is 10.1. The molecule has 4 aromatic carbocycles. The highest BCUT2D eigenvalue weighted by Gasteiger charge is 2.23. The van der Waals surface area contributed by atoms with Gasteiger partial charge in [0.15, 0.2) is 23.0 Å². The number of hydrogen-bond acceptors (Lipinski definition) is 8. The molecule has 6 aromatic rings. The molecule has 4 aliphatic heterocycles. The monoisotopic (exact) mass is 864 g/mol. The Kier molecular flexibility index (Phi) is 14.0. The molecule has 0 unspecified atom stereocenters. The van der Waals surface area contributed by atoms with Gasteiger partial charge in [-0.3, -0.25) is 9.59 Å². The summed E-state index contributed by atoms with van der Waals surface area (Å²) >= 11 is 0. The Bertz CT molecular complexity index is 2480. The molecule has 10 heteroatoms. The van der Waals surface area contributed by atoms with Crippen LogP contribution in [0.4, 0.5) is 0 Å². The standard InChI is InChI=1S/2C27H32N2O3/c2*1-2-19-16-22-17-20(6-8-24(22)28-27(19)30)23(10-13-29-11-4-3-5-12-29)21-7-9-25-26(18-21)32-15-14-31-25/h2*6-9,16-18,23H,2-5,10-15H2,1H3,(H,28,30)/t2*23-/m10/s1. The highest BCUT2D eigenvalue weighted by Crippen LogP contribution is 2.39.